The van der Waals surface area contributed by atoms with E-state index in [0.717, 1.165) is 21.3 Å². The molecule has 0 aromatic heterocycles. The lowest BCUT2D eigenvalue weighted by Crippen LogP contribution is -2.16. The first-order valence-corrected chi connectivity index (χ1v) is 9.58. The average molecular weight is 439 g/mol. The van der Waals surface area contributed by atoms with Gasteiger partial charge >= 0.3 is 0 Å². The molecule has 0 aliphatic carbocycles. The fourth-order valence-electron chi connectivity index (χ4n) is 2.87. The van der Waals surface area contributed by atoms with Crippen LogP contribution in [0.25, 0.3) is 0 Å². The van der Waals surface area contributed by atoms with Crippen molar-refractivity contribution in [3.05, 3.63) is 104 Å². The highest BCUT2D eigenvalue weighted by Gasteiger charge is 2.18. The van der Waals surface area contributed by atoms with Crippen molar-refractivity contribution in [3.63, 3.8) is 0 Å². The summed E-state index contributed by atoms with van der Waals surface area (Å²) in [6.07, 6.45) is 0.266. The number of ketones is 1. The third kappa shape index (κ3) is 5.04. The lowest BCUT2D eigenvalue weighted by molar-refractivity contribution is -0.384. The van der Waals surface area contributed by atoms with Gasteiger partial charge in [0.25, 0.3) is 5.69 Å². The number of rotatable bonds is 7. The van der Waals surface area contributed by atoms with Crippen LogP contribution in [0.3, 0.4) is 0 Å². The Morgan fingerprint density at radius 3 is 2.18 bits per heavy atom. The van der Waals surface area contributed by atoms with Gasteiger partial charge in [0.1, 0.15) is 0 Å². The van der Waals surface area contributed by atoms with Gasteiger partial charge in [0.05, 0.1) is 11.0 Å². The van der Waals surface area contributed by atoms with E-state index in [9.17, 15) is 14.9 Å². The number of hydrogen-bond donors (Lipinski definition) is 1. The Balaban J connectivity index is 1.84. The molecule has 0 heterocycles. The summed E-state index contributed by atoms with van der Waals surface area (Å²) >= 11 is 3.38. The van der Waals surface area contributed by atoms with Crippen LogP contribution in [0.5, 0.6) is 0 Å². The topological polar surface area (TPSA) is 72.2 Å². The molecule has 0 bridgehead atoms. The Morgan fingerprint density at radius 1 is 1.00 bits per heavy atom. The monoisotopic (exact) mass is 438 g/mol. The number of nitro benzene ring substituents is 1. The van der Waals surface area contributed by atoms with E-state index in [1.165, 1.54) is 12.1 Å². The quantitative estimate of drug-likeness (QED) is 0.275. The number of anilines is 1. The minimum absolute atomic E-state index is 0.0208. The van der Waals surface area contributed by atoms with Crippen LogP contribution in [-0.2, 0) is 0 Å². The number of non-ortho nitro benzene ring substituents is 1. The summed E-state index contributed by atoms with van der Waals surface area (Å²) in [5.74, 6) is 0.0208. The van der Waals surface area contributed by atoms with E-state index < -0.39 is 4.92 Å². The zero-order valence-electron chi connectivity index (χ0n) is 15.3. The average Bonchev–Trinajstić information content (AvgIpc) is 2.69. The van der Waals surface area contributed by atoms with Gasteiger partial charge in [0, 0.05) is 34.3 Å². The first-order valence-electron chi connectivity index (χ1n) is 8.79. The van der Waals surface area contributed by atoms with Crippen molar-refractivity contribution < 1.29 is 9.72 Å². The highest BCUT2D eigenvalue weighted by Crippen LogP contribution is 2.26. The normalized spacial score (nSPS) is 11.6. The number of nitrogens with zero attached hydrogens (tertiary/aromatic N) is 1. The second kappa shape index (κ2) is 8.80. The van der Waals surface area contributed by atoms with Crippen LogP contribution in [0.4, 0.5) is 11.4 Å². The SMILES string of the molecule is Cc1ccc(C(CC(=O)c2ccc(Br)cc2)Nc2ccc([N+](=O)[O-])cc2)cc1. The van der Waals surface area contributed by atoms with E-state index in [-0.39, 0.29) is 23.9 Å². The lowest BCUT2D eigenvalue weighted by Gasteiger charge is -2.20. The fraction of sp³-hybridized carbons (Fsp3) is 0.136. The molecule has 1 unspecified atom stereocenters. The van der Waals surface area contributed by atoms with Gasteiger partial charge in [0.2, 0.25) is 0 Å². The zero-order chi connectivity index (χ0) is 20.1. The van der Waals surface area contributed by atoms with E-state index in [1.807, 2.05) is 43.3 Å². The van der Waals surface area contributed by atoms with E-state index in [0.29, 0.717) is 5.56 Å². The number of nitrogens with one attached hydrogen (secondary N) is 1. The number of aryl methyl sites for hydroxylation is 1. The number of hydrogen-bond acceptors (Lipinski definition) is 4. The molecule has 6 heteroatoms. The maximum absolute atomic E-state index is 12.8. The van der Waals surface area contributed by atoms with Gasteiger partial charge in [-0.05, 0) is 36.8 Å². The minimum atomic E-state index is -0.432. The van der Waals surface area contributed by atoms with Crippen LogP contribution in [0, 0.1) is 17.0 Å². The summed E-state index contributed by atoms with van der Waals surface area (Å²) < 4.78 is 0.920. The van der Waals surface area contributed by atoms with Crippen LogP contribution in [0.1, 0.15) is 33.9 Å². The molecule has 3 aromatic rings. The number of carbonyl (C=O) groups excluding carboxylic acids is 1. The van der Waals surface area contributed by atoms with Gasteiger partial charge in [-0.2, -0.15) is 0 Å². The van der Waals surface area contributed by atoms with E-state index in [1.54, 1.807) is 24.3 Å². The minimum Gasteiger partial charge on any atom is -0.378 e. The molecule has 1 atom stereocenters. The van der Waals surface area contributed by atoms with E-state index in [2.05, 4.69) is 21.2 Å². The van der Waals surface area contributed by atoms with E-state index >= 15 is 0 Å². The Bertz CT molecular complexity index is 968. The Labute approximate surface area is 171 Å². The Hall–Kier alpha value is -2.99. The fourth-order valence-corrected chi connectivity index (χ4v) is 3.13. The maximum Gasteiger partial charge on any atom is 0.269 e. The highest BCUT2D eigenvalue weighted by molar-refractivity contribution is 9.10. The molecule has 3 rings (SSSR count). The van der Waals surface area contributed by atoms with Crippen LogP contribution in [0.2, 0.25) is 0 Å². The zero-order valence-corrected chi connectivity index (χ0v) is 16.8. The van der Waals surface area contributed by atoms with Crippen molar-refractivity contribution in [2.24, 2.45) is 0 Å². The number of nitro groups is 1. The molecule has 28 heavy (non-hydrogen) atoms. The third-order valence-corrected chi connectivity index (χ3v) is 4.98. The smallest absolute Gasteiger partial charge is 0.269 e. The second-order valence-electron chi connectivity index (χ2n) is 6.55. The first-order chi connectivity index (χ1) is 13.4. The van der Waals surface area contributed by atoms with Crippen molar-refractivity contribution in [3.8, 4) is 0 Å². The van der Waals surface area contributed by atoms with Crippen molar-refractivity contribution in [2.45, 2.75) is 19.4 Å². The molecule has 0 saturated heterocycles. The van der Waals surface area contributed by atoms with E-state index in [4.69, 9.17) is 0 Å². The predicted molar refractivity (Wildman–Crippen MR) is 114 cm³/mol. The molecule has 0 aliphatic heterocycles. The van der Waals surface area contributed by atoms with Gasteiger partial charge in [-0.15, -0.1) is 0 Å². The molecular formula is C22H19BrN2O3. The molecule has 0 saturated carbocycles. The van der Waals surface area contributed by atoms with Crippen molar-refractivity contribution in [1.29, 1.82) is 0 Å². The molecule has 142 valence electrons. The van der Waals surface area contributed by atoms with Gasteiger partial charge in [-0.3, -0.25) is 14.9 Å². The molecule has 1 N–H and O–H groups in total. The molecule has 0 aliphatic rings. The standard InChI is InChI=1S/C22H19BrN2O3/c1-15-2-4-16(5-3-15)21(14-22(26)17-6-8-18(23)9-7-17)24-19-10-12-20(13-11-19)25(27)28/h2-13,21,24H,14H2,1H3. The third-order valence-electron chi connectivity index (χ3n) is 4.45. The molecule has 0 amide bonds. The molecule has 5 nitrogen and oxygen atoms in total. The van der Waals surface area contributed by atoms with Gasteiger partial charge < -0.3 is 5.32 Å². The lowest BCUT2D eigenvalue weighted by atomic mass is 9.97. The number of Topliss-reactive ketones (excluding diaryl/α,β-unsaturated/α-hetero) is 1. The summed E-state index contributed by atoms with van der Waals surface area (Å²) in [6.45, 7) is 2.01. The van der Waals surface area contributed by atoms with Crippen LogP contribution in [0.15, 0.2) is 77.3 Å². The predicted octanol–water partition coefficient (Wildman–Crippen LogP) is 6.09. The number of benzene rings is 3. The largest absolute Gasteiger partial charge is 0.378 e. The molecule has 0 spiro atoms. The summed E-state index contributed by atoms with van der Waals surface area (Å²) in [5, 5.41) is 14.2. The van der Waals surface area contributed by atoms with Crippen molar-refractivity contribution >= 4 is 33.1 Å². The van der Waals surface area contributed by atoms with Crippen molar-refractivity contribution in [2.75, 3.05) is 5.32 Å². The molecule has 0 radical (unpaired) electrons. The molecule has 0 fully saturated rings. The van der Waals surface area contributed by atoms with Crippen LogP contribution < -0.4 is 5.32 Å². The Kier molecular flexibility index (Phi) is 6.21. The van der Waals surface area contributed by atoms with Crippen molar-refractivity contribution in [1.82, 2.24) is 0 Å². The number of halogens is 1. The molecular weight excluding hydrogens is 420 g/mol. The Morgan fingerprint density at radius 2 is 1.61 bits per heavy atom. The summed E-state index contributed by atoms with van der Waals surface area (Å²) in [6, 6.07) is 21.2. The number of carbonyl (C=O) groups is 1. The summed E-state index contributed by atoms with van der Waals surface area (Å²) in [7, 11) is 0. The highest BCUT2D eigenvalue weighted by atomic mass is 79.9. The van der Waals surface area contributed by atoms with Gasteiger partial charge in [-0.1, -0.05) is 57.9 Å². The summed E-state index contributed by atoms with van der Waals surface area (Å²) in [5.41, 5.74) is 3.51. The van der Waals surface area contributed by atoms with Gasteiger partial charge in [0.15, 0.2) is 5.78 Å². The van der Waals surface area contributed by atoms with Crippen LogP contribution >= 0.6 is 15.9 Å². The first kappa shape index (κ1) is 19.8. The summed E-state index contributed by atoms with van der Waals surface area (Å²) in [4.78, 5) is 23.2. The second-order valence-corrected chi connectivity index (χ2v) is 7.46. The van der Waals surface area contributed by atoms with Gasteiger partial charge in [-0.25, -0.2) is 0 Å². The maximum atomic E-state index is 12.8. The van der Waals surface area contributed by atoms with Crippen LogP contribution in [-0.4, -0.2) is 10.7 Å². The molecule has 3 aromatic carbocycles.